The van der Waals surface area contributed by atoms with E-state index in [1.54, 1.807) is 11.0 Å². The quantitative estimate of drug-likeness (QED) is 0.586. The Kier molecular flexibility index (Phi) is 2.87. The molecule has 88 valence electrons. The zero-order valence-corrected chi connectivity index (χ0v) is 9.02. The van der Waals surface area contributed by atoms with E-state index in [-0.39, 0.29) is 17.2 Å². The van der Waals surface area contributed by atoms with Gasteiger partial charge in [-0.15, -0.1) is 0 Å². The topological polar surface area (TPSA) is 86.8 Å². The summed E-state index contributed by atoms with van der Waals surface area (Å²) in [6.07, 6.45) is 3.12. The Morgan fingerprint density at radius 3 is 2.94 bits per heavy atom. The first-order chi connectivity index (χ1) is 7.59. The number of aliphatic hydroxyl groups excluding tert-OH is 2. The van der Waals surface area contributed by atoms with Crippen molar-refractivity contribution in [2.24, 2.45) is 5.73 Å². The van der Waals surface area contributed by atoms with Gasteiger partial charge in [-0.3, -0.25) is 4.79 Å². The van der Waals surface area contributed by atoms with Crippen molar-refractivity contribution >= 4 is 5.91 Å². The Bertz CT molecular complexity index is 373. The molecule has 0 aromatic rings. The SMILES string of the molecule is NC1=C(O)C(C(=O)N2CC[C@@H](O)C2)=CCC1. The van der Waals surface area contributed by atoms with Crippen LogP contribution in [0.1, 0.15) is 19.3 Å². The molecule has 2 aliphatic rings. The molecular weight excluding hydrogens is 208 g/mol. The number of nitrogens with two attached hydrogens (primary N) is 1. The molecule has 2 rings (SSSR count). The Balaban J connectivity index is 2.13. The van der Waals surface area contributed by atoms with Crippen LogP contribution < -0.4 is 5.73 Å². The summed E-state index contributed by atoms with van der Waals surface area (Å²) in [6.45, 7) is 0.869. The Hall–Kier alpha value is -1.49. The molecule has 1 saturated heterocycles. The first-order valence-corrected chi connectivity index (χ1v) is 5.45. The number of β-amino-alcohol motifs (C(OH)–C–C–N with tert-alkyl or cyclic N) is 1. The largest absolute Gasteiger partial charge is 0.505 e. The van der Waals surface area contributed by atoms with Crippen molar-refractivity contribution in [2.45, 2.75) is 25.4 Å². The van der Waals surface area contributed by atoms with Gasteiger partial charge in [0, 0.05) is 13.1 Å². The fraction of sp³-hybridized carbons (Fsp3) is 0.545. The highest BCUT2D eigenvalue weighted by Gasteiger charge is 2.29. The van der Waals surface area contributed by atoms with Crippen LogP contribution in [0.2, 0.25) is 0 Å². The van der Waals surface area contributed by atoms with E-state index < -0.39 is 6.10 Å². The zero-order valence-electron chi connectivity index (χ0n) is 9.02. The predicted molar refractivity (Wildman–Crippen MR) is 58.4 cm³/mol. The summed E-state index contributed by atoms with van der Waals surface area (Å²) in [6, 6.07) is 0. The van der Waals surface area contributed by atoms with Crippen molar-refractivity contribution in [1.29, 1.82) is 0 Å². The second-order valence-corrected chi connectivity index (χ2v) is 4.22. The lowest BCUT2D eigenvalue weighted by Gasteiger charge is -2.20. The number of aliphatic hydroxyl groups is 2. The summed E-state index contributed by atoms with van der Waals surface area (Å²) in [4.78, 5) is 13.5. The highest BCUT2D eigenvalue weighted by molar-refractivity contribution is 5.97. The second kappa shape index (κ2) is 4.17. The van der Waals surface area contributed by atoms with Gasteiger partial charge in [0.2, 0.25) is 0 Å². The summed E-state index contributed by atoms with van der Waals surface area (Å²) < 4.78 is 0. The normalized spacial score (nSPS) is 25.9. The van der Waals surface area contributed by atoms with Crippen LogP contribution in [-0.2, 0) is 4.79 Å². The summed E-state index contributed by atoms with van der Waals surface area (Å²) in [5.74, 6) is -0.339. The van der Waals surface area contributed by atoms with Crippen molar-refractivity contribution < 1.29 is 15.0 Å². The lowest BCUT2D eigenvalue weighted by atomic mass is 10.0. The van der Waals surface area contributed by atoms with Gasteiger partial charge in [-0.1, -0.05) is 6.08 Å². The number of rotatable bonds is 1. The van der Waals surface area contributed by atoms with Gasteiger partial charge in [-0.2, -0.15) is 0 Å². The lowest BCUT2D eigenvalue weighted by molar-refractivity contribution is -0.126. The summed E-state index contributed by atoms with van der Waals surface area (Å²) in [5, 5.41) is 19.1. The third-order valence-electron chi connectivity index (χ3n) is 3.00. The number of hydrogen-bond donors (Lipinski definition) is 3. The molecule has 1 fully saturated rings. The van der Waals surface area contributed by atoms with Crippen LogP contribution in [0.25, 0.3) is 0 Å². The zero-order chi connectivity index (χ0) is 11.7. The third-order valence-corrected chi connectivity index (χ3v) is 3.00. The van der Waals surface area contributed by atoms with E-state index in [2.05, 4.69) is 0 Å². The van der Waals surface area contributed by atoms with Crippen LogP contribution in [0, 0.1) is 0 Å². The number of hydrogen-bond acceptors (Lipinski definition) is 4. The third kappa shape index (κ3) is 1.90. The van der Waals surface area contributed by atoms with E-state index in [9.17, 15) is 15.0 Å². The molecule has 0 bridgehead atoms. The van der Waals surface area contributed by atoms with Crippen LogP contribution in [-0.4, -0.2) is 40.2 Å². The van der Waals surface area contributed by atoms with Gasteiger partial charge in [0.15, 0.2) is 0 Å². The van der Waals surface area contributed by atoms with E-state index in [1.807, 2.05) is 0 Å². The molecule has 5 nitrogen and oxygen atoms in total. The van der Waals surface area contributed by atoms with Crippen molar-refractivity contribution in [2.75, 3.05) is 13.1 Å². The molecule has 0 unspecified atom stereocenters. The molecule has 1 atom stereocenters. The monoisotopic (exact) mass is 224 g/mol. The van der Waals surface area contributed by atoms with Gasteiger partial charge in [-0.25, -0.2) is 0 Å². The van der Waals surface area contributed by atoms with Crippen molar-refractivity contribution in [3.8, 4) is 0 Å². The number of amides is 1. The first-order valence-electron chi connectivity index (χ1n) is 5.45. The molecule has 0 saturated carbocycles. The molecule has 5 heteroatoms. The van der Waals surface area contributed by atoms with E-state index in [4.69, 9.17) is 5.73 Å². The Morgan fingerprint density at radius 1 is 1.56 bits per heavy atom. The van der Waals surface area contributed by atoms with Gasteiger partial charge in [-0.05, 0) is 19.3 Å². The van der Waals surface area contributed by atoms with Gasteiger partial charge in [0.05, 0.1) is 17.4 Å². The first kappa shape index (κ1) is 11.0. The van der Waals surface area contributed by atoms with Crippen LogP contribution in [0.3, 0.4) is 0 Å². The lowest BCUT2D eigenvalue weighted by Crippen LogP contribution is -2.32. The fourth-order valence-electron chi connectivity index (χ4n) is 2.05. The maximum Gasteiger partial charge on any atom is 0.257 e. The van der Waals surface area contributed by atoms with Crippen molar-refractivity contribution in [3.63, 3.8) is 0 Å². The molecule has 1 aliphatic carbocycles. The van der Waals surface area contributed by atoms with Crippen LogP contribution in [0.15, 0.2) is 23.1 Å². The minimum atomic E-state index is -0.448. The minimum absolute atomic E-state index is 0.0994. The Morgan fingerprint density at radius 2 is 2.31 bits per heavy atom. The maximum atomic E-state index is 12.0. The summed E-state index contributed by atoms with van der Waals surface area (Å²) >= 11 is 0. The van der Waals surface area contributed by atoms with Crippen molar-refractivity contribution in [3.05, 3.63) is 23.1 Å². The molecule has 1 amide bonds. The van der Waals surface area contributed by atoms with E-state index in [0.29, 0.717) is 38.0 Å². The van der Waals surface area contributed by atoms with Crippen LogP contribution in [0.5, 0.6) is 0 Å². The standard InChI is InChI=1S/C11H16N2O3/c12-9-3-1-2-8(10(9)15)11(16)13-5-4-7(14)6-13/h2,7,14-15H,1,3-6,12H2/t7-/m1/s1. The van der Waals surface area contributed by atoms with E-state index in [1.165, 1.54) is 0 Å². The molecule has 0 radical (unpaired) electrons. The van der Waals surface area contributed by atoms with Gasteiger partial charge < -0.3 is 20.8 Å². The van der Waals surface area contributed by atoms with E-state index in [0.717, 1.165) is 0 Å². The van der Waals surface area contributed by atoms with Gasteiger partial charge in [0.25, 0.3) is 5.91 Å². The molecule has 0 aromatic carbocycles. The molecule has 4 N–H and O–H groups in total. The minimum Gasteiger partial charge on any atom is -0.505 e. The smallest absolute Gasteiger partial charge is 0.257 e. The summed E-state index contributed by atoms with van der Waals surface area (Å²) in [5.41, 5.74) is 6.24. The molecule has 1 aliphatic heterocycles. The highest BCUT2D eigenvalue weighted by Crippen LogP contribution is 2.23. The van der Waals surface area contributed by atoms with E-state index >= 15 is 0 Å². The van der Waals surface area contributed by atoms with Gasteiger partial charge in [0.1, 0.15) is 5.76 Å². The maximum absolute atomic E-state index is 12.0. The number of carbonyl (C=O) groups is 1. The number of nitrogens with zero attached hydrogens (tertiary/aromatic N) is 1. The van der Waals surface area contributed by atoms with Gasteiger partial charge >= 0.3 is 0 Å². The average molecular weight is 224 g/mol. The molecule has 0 aromatic heterocycles. The molecule has 16 heavy (non-hydrogen) atoms. The predicted octanol–water partition coefficient (Wildman–Crippen LogP) is 0.0281. The highest BCUT2D eigenvalue weighted by atomic mass is 16.3. The Labute approximate surface area is 93.8 Å². The second-order valence-electron chi connectivity index (χ2n) is 4.22. The van der Waals surface area contributed by atoms with Crippen LogP contribution >= 0.6 is 0 Å². The number of allylic oxidation sites excluding steroid dienone is 2. The molecular formula is C11H16N2O3. The summed E-state index contributed by atoms with van der Waals surface area (Å²) in [7, 11) is 0. The molecule has 0 spiro atoms. The average Bonchev–Trinajstić information content (AvgIpc) is 2.68. The number of carbonyl (C=O) groups excluding carboxylic acids is 1. The van der Waals surface area contributed by atoms with Crippen molar-refractivity contribution in [1.82, 2.24) is 4.90 Å². The molecule has 1 heterocycles. The van der Waals surface area contributed by atoms with Crippen LogP contribution in [0.4, 0.5) is 0 Å². The number of likely N-dealkylation sites (tertiary alicyclic amines) is 1. The fourth-order valence-corrected chi connectivity index (χ4v) is 2.05.